The number of hydrogen-bond donors (Lipinski definition) is 1. The summed E-state index contributed by atoms with van der Waals surface area (Å²) in [6.45, 7) is 7.19. The van der Waals surface area contributed by atoms with Crippen LogP contribution in [0.1, 0.15) is 79.4 Å². The second-order valence-corrected chi connectivity index (χ2v) is 8.22. The van der Waals surface area contributed by atoms with Crippen molar-refractivity contribution in [3.05, 3.63) is 35.1 Å². The Morgan fingerprint density at radius 3 is 2.67 bits per heavy atom. The number of rotatable bonds is 10. The molecule has 0 saturated heterocycles. The molecule has 164 valence electrons. The van der Waals surface area contributed by atoms with Crippen LogP contribution in [0.5, 0.6) is 0 Å². The number of benzene rings is 1. The second-order valence-electron chi connectivity index (χ2n) is 8.22. The van der Waals surface area contributed by atoms with Gasteiger partial charge in [-0.1, -0.05) is 26.3 Å². The van der Waals surface area contributed by atoms with E-state index in [0.29, 0.717) is 30.1 Å². The minimum absolute atomic E-state index is 0.0794. The van der Waals surface area contributed by atoms with E-state index in [1.54, 1.807) is 13.2 Å². The Kier molecular flexibility index (Phi) is 7.53. The number of amides is 2. The Morgan fingerprint density at radius 2 is 2.07 bits per heavy atom. The molecule has 0 radical (unpaired) electrons. The van der Waals surface area contributed by atoms with Crippen molar-refractivity contribution in [1.29, 1.82) is 0 Å². The second kappa shape index (κ2) is 10.1. The Balaban J connectivity index is 1.94. The Hall–Kier alpha value is -2.34. The molecule has 2 aromatic rings. The van der Waals surface area contributed by atoms with Gasteiger partial charge in [0.2, 0.25) is 0 Å². The van der Waals surface area contributed by atoms with E-state index in [-0.39, 0.29) is 23.9 Å². The summed E-state index contributed by atoms with van der Waals surface area (Å²) in [6, 6.07) is 5.87. The first kappa shape index (κ1) is 22.3. The fourth-order valence-corrected chi connectivity index (χ4v) is 3.85. The van der Waals surface area contributed by atoms with Crippen LogP contribution in [0.25, 0.3) is 11.0 Å². The Labute approximate surface area is 178 Å². The highest BCUT2D eigenvalue weighted by Gasteiger charge is 2.28. The summed E-state index contributed by atoms with van der Waals surface area (Å²) < 4.78 is 11.3. The minimum atomic E-state index is -0.110. The smallest absolute Gasteiger partial charge is 0.290 e. The maximum absolute atomic E-state index is 13.4. The SMILES string of the molecule is CCCc1c(C(=O)N(CCOC)C(C)CC)oc2cc(C(=O)NC3CCC3)ccc12. The van der Waals surface area contributed by atoms with Crippen molar-refractivity contribution in [2.75, 3.05) is 20.3 Å². The summed E-state index contributed by atoms with van der Waals surface area (Å²) in [5.74, 6) is 0.200. The van der Waals surface area contributed by atoms with Gasteiger partial charge in [-0.05, 0) is 51.2 Å². The molecule has 0 aliphatic heterocycles. The Bertz CT molecular complexity index is 885. The number of nitrogens with zero attached hydrogens (tertiary/aromatic N) is 1. The topological polar surface area (TPSA) is 71.8 Å². The fraction of sp³-hybridized carbons (Fsp3) is 0.583. The number of hydrogen-bond acceptors (Lipinski definition) is 4. The number of methoxy groups -OCH3 is 1. The number of nitrogens with one attached hydrogen (secondary N) is 1. The summed E-state index contributed by atoms with van der Waals surface area (Å²) >= 11 is 0. The summed E-state index contributed by atoms with van der Waals surface area (Å²) in [4.78, 5) is 27.8. The third-order valence-corrected chi connectivity index (χ3v) is 6.11. The lowest BCUT2D eigenvalue weighted by Gasteiger charge is -2.27. The standard InChI is InChI=1S/C24H34N2O4/c1-5-8-20-19-12-11-17(23(27)25-18-9-7-10-18)15-21(19)30-22(20)24(28)26(13-14-29-4)16(3)6-2/h11-12,15-16,18H,5-10,13-14H2,1-4H3,(H,25,27). The first-order valence-electron chi connectivity index (χ1n) is 11.2. The maximum Gasteiger partial charge on any atom is 0.290 e. The van der Waals surface area contributed by atoms with Crippen molar-refractivity contribution >= 4 is 22.8 Å². The van der Waals surface area contributed by atoms with E-state index in [4.69, 9.17) is 9.15 Å². The highest BCUT2D eigenvalue weighted by molar-refractivity contribution is 6.02. The van der Waals surface area contributed by atoms with Crippen LogP contribution in [-0.4, -0.2) is 49.1 Å². The number of carbonyl (C=O) groups is 2. The van der Waals surface area contributed by atoms with Crippen molar-refractivity contribution in [3.8, 4) is 0 Å². The molecule has 0 bridgehead atoms. The van der Waals surface area contributed by atoms with Crippen LogP contribution in [0.2, 0.25) is 0 Å². The molecule has 3 rings (SSSR count). The van der Waals surface area contributed by atoms with E-state index in [9.17, 15) is 9.59 Å². The molecule has 1 heterocycles. The van der Waals surface area contributed by atoms with E-state index in [2.05, 4.69) is 19.2 Å². The maximum atomic E-state index is 13.4. The van der Waals surface area contributed by atoms with E-state index in [1.165, 1.54) is 6.42 Å². The summed E-state index contributed by atoms with van der Waals surface area (Å²) in [6.07, 6.45) is 5.76. The van der Waals surface area contributed by atoms with E-state index < -0.39 is 0 Å². The number of carbonyl (C=O) groups excluding carboxylic acids is 2. The molecular weight excluding hydrogens is 380 g/mol. The van der Waals surface area contributed by atoms with Crippen LogP contribution in [0.15, 0.2) is 22.6 Å². The zero-order valence-electron chi connectivity index (χ0n) is 18.6. The highest BCUT2D eigenvalue weighted by atomic mass is 16.5. The largest absolute Gasteiger partial charge is 0.451 e. The molecule has 1 aliphatic carbocycles. The lowest BCUT2D eigenvalue weighted by atomic mass is 9.93. The quantitative estimate of drug-likeness (QED) is 0.619. The zero-order valence-corrected chi connectivity index (χ0v) is 18.6. The van der Waals surface area contributed by atoms with Crippen molar-refractivity contribution in [1.82, 2.24) is 10.2 Å². The van der Waals surface area contributed by atoms with Gasteiger partial charge in [0.05, 0.1) is 6.61 Å². The first-order valence-corrected chi connectivity index (χ1v) is 11.2. The molecule has 1 saturated carbocycles. The summed E-state index contributed by atoms with van der Waals surface area (Å²) in [5.41, 5.74) is 2.09. The van der Waals surface area contributed by atoms with Gasteiger partial charge >= 0.3 is 0 Å². The van der Waals surface area contributed by atoms with Gasteiger partial charge in [-0.25, -0.2) is 0 Å². The molecular formula is C24H34N2O4. The van der Waals surface area contributed by atoms with Crippen molar-refractivity contribution in [3.63, 3.8) is 0 Å². The molecule has 6 heteroatoms. The molecule has 30 heavy (non-hydrogen) atoms. The first-order chi connectivity index (χ1) is 14.5. The van der Waals surface area contributed by atoms with Crippen LogP contribution < -0.4 is 5.32 Å². The van der Waals surface area contributed by atoms with Crippen LogP contribution in [0.4, 0.5) is 0 Å². The van der Waals surface area contributed by atoms with Crippen molar-refractivity contribution < 1.29 is 18.7 Å². The molecule has 1 atom stereocenters. The molecule has 1 fully saturated rings. The van der Waals surface area contributed by atoms with Gasteiger partial charge in [0.1, 0.15) is 5.58 Å². The number of ether oxygens (including phenoxy) is 1. The third-order valence-electron chi connectivity index (χ3n) is 6.11. The molecule has 6 nitrogen and oxygen atoms in total. The van der Waals surface area contributed by atoms with Gasteiger partial charge in [-0.2, -0.15) is 0 Å². The van der Waals surface area contributed by atoms with Gasteiger partial charge in [0.15, 0.2) is 5.76 Å². The molecule has 0 spiro atoms. The third kappa shape index (κ3) is 4.69. The van der Waals surface area contributed by atoms with Crippen LogP contribution in [-0.2, 0) is 11.2 Å². The number of aryl methyl sites for hydroxylation is 1. The lowest BCUT2D eigenvalue weighted by Crippen LogP contribution is -2.40. The molecule has 1 aromatic carbocycles. The van der Waals surface area contributed by atoms with Gasteiger partial charge in [-0.15, -0.1) is 0 Å². The predicted octanol–water partition coefficient (Wildman–Crippen LogP) is 4.55. The average molecular weight is 415 g/mol. The average Bonchev–Trinajstić information content (AvgIpc) is 3.08. The van der Waals surface area contributed by atoms with Crippen LogP contribution >= 0.6 is 0 Å². The molecule has 1 aromatic heterocycles. The van der Waals surface area contributed by atoms with Gasteiger partial charge in [-0.3, -0.25) is 9.59 Å². The molecule has 2 amide bonds. The predicted molar refractivity (Wildman–Crippen MR) is 118 cm³/mol. The van der Waals surface area contributed by atoms with Gasteiger partial charge in [0, 0.05) is 42.3 Å². The van der Waals surface area contributed by atoms with Crippen LogP contribution in [0, 0.1) is 0 Å². The number of fused-ring (bicyclic) bond motifs is 1. The Morgan fingerprint density at radius 1 is 1.30 bits per heavy atom. The van der Waals surface area contributed by atoms with Gasteiger partial charge < -0.3 is 19.4 Å². The number of furan rings is 1. The van der Waals surface area contributed by atoms with E-state index >= 15 is 0 Å². The summed E-state index contributed by atoms with van der Waals surface area (Å²) in [7, 11) is 1.64. The fourth-order valence-electron chi connectivity index (χ4n) is 3.85. The molecule has 1 N–H and O–H groups in total. The summed E-state index contributed by atoms with van der Waals surface area (Å²) in [5, 5.41) is 3.97. The normalized spacial score (nSPS) is 15.1. The minimum Gasteiger partial charge on any atom is -0.451 e. The van der Waals surface area contributed by atoms with Crippen LogP contribution in [0.3, 0.4) is 0 Å². The van der Waals surface area contributed by atoms with E-state index in [1.807, 2.05) is 24.0 Å². The lowest BCUT2D eigenvalue weighted by molar-refractivity contribution is 0.0583. The van der Waals surface area contributed by atoms with Crippen molar-refractivity contribution in [2.24, 2.45) is 0 Å². The zero-order chi connectivity index (χ0) is 21.7. The molecule has 1 unspecified atom stereocenters. The van der Waals surface area contributed by atoms with E-state index in [0.717, 1.165) is 43.1 Å². The molecule has 1 aliphatic rings. The van der Waals surface area contributed by atoms with Gasteiger partial charge in [0.25, 0.3) is 11.8 Å². The van der Waals surface area contributed by atoms with Crippen molar-refractivity contribution in [2.45, 2.75) is 71.4 Å². The highest BCUT2D eigenvalue weighted by Crippen LogP contribution is 2.30. The monoisotopic (exact) mass is 414 g/mol.